The van der Waals surface area contributed by atoms with E-state index in [1.54, 1.807) is 0 Å². The highest BCUT2D eigenvalue weighted by Crippen LogP contribution is 2.21. The number of benzene rings is 1. The Morgan fingerprint density at radius 2 is 1.94 bits per heavy atom. The van der Waals surface area contributed by atoms with Gasteiger partial charge in [-0.15, -0.1) is 11.6 Å². The fraction of sp³-hybridized carbons (Fsp3) is 0.462. The first-order valence-corrected chi connectivity index (χ1v) is 6.06. The molecule has 0 bridgehead atoms. The molecule has 0 aliphatic rings. The van der Waals surface area contributed by atoms with Gasteiger partial charge in [0.05, 0.1) is 11.3 Å². The lowest BCUT2D eigenvalue weighted by molar-refractivity contribution is 0.416. The summed E-state index contributed by atoms with van der Waals surface area (Å²) in [5.74, 6) is 0.441. The van der Waals surface area contributed by atoms with Crippen molar-refractivity contribution < 1.29 is 0 Å². The first kappa shape index (κ1) is 13.8. The van der Waals surface area contributed by atoms with Crippen LogP contribution in [-0.2, 0) is 5.88 Å². The zero-order valence-corrected chi connectivity index (χ0v) is 11.3. The highest BCUT2D eigenvalue weighted by Gasteiger charge is 2.08. The lowest BCUT2D eigenvalue weighted by atomic mass is 10.1. The van der Waals surface area contributed by atoms with Gasteiger partial charge in [-0.1, -0.05) is 6.07 Å². The van der Waals surface area contributed by atoms with E-state index >= 15 is 0 Å². The molecule has 0 aliphatic carbocycles. The fourth-order valence-electron chi connectivity index (χ4n) is 1.56. The number of halogens is 1. The molecule has 0 radical (unpaired) electrons. The van der Waals surface area contributed by atoms with Crippen molar-refractivity contribution in [2.45, 2.75) is 5.88 Å². The Morgan fingerprint density at radius 3 is 2.47 bits per heavy atom. The Balaban J connectivity index is 2.86. The van der Waals surface area contributed by atoms with Gasteiger partial charge in [-0.25, -0.2) is 0 Å². The van der Waals surface area contributed by atoms with E-state index in [1.165, 1.54) is 0 Å². The molecule has 4 heteroatoms. The number of nitriles is 1. The number of rotatable bonds is 5. The summed E-state index contributed by atoms with van der Waals surface area (Å²) >= 11 is 5.76. The molecule has 0 unspecified atom stereocenters. The second-order valence-corrected chi connectivity index (χ2v) is 4.59. The second-order valence-electron chi connectivity index (χ2n) is 4.32. The van der Waals surface area contributed by atoms with E-state index < -0.39 is 0 Å². The number of nitrogens with zero attached hydrogens (tertiary/aromatic N) is 3. The third-order valence-corrected chi connectivity index (χ3v) is 2.94. The smallest absolute Gasteiger partial charge is 0.101 e. The number of hydrogen-bond acceptors (Lipinski definition) is 3. The van der Waals surface area contributed by atoms with Gasteiger partial charge in [-0.05, 0) is 31.8 Å². The third-order valence-electron chi connectivity index (χ3n) is 2.63. The molecule has 0 heterocycles. The third kappa shape index (κ3) is 3.92. The Morgan fingerprint density at radius 1 is 1.24 bits per heavy atom. The molecular weight excluding hydrogens is 234 g/mol. The summed E-state index contributed by atoms with van der Waals surface area (Å²) in [6.45, 7) is 1.85. The molecule has 3 nitrogen and oxygen atoms in total. The van der Waals surface area contributed by atoms with Crippen LogP contribution in [0.3, 0.4) is 0 Å². The van der Waals surface area contributed by atoms with Gasteiger partial charge in [0.1, 0.15) is 6.07 Å². The molecule has 0 atom stereocenters. The minimum Gasteiger partial charge on any atom is -0.372 e. The largest absolute Gasteiger partial charge is 0.372 e. The summed E-state index contributed by atoms with van der Waals surface area (Å²) in [6, 6.07) is 8.01. The summed E-state index contributed by atoms with van der Waals surface area (Å²) in [5.41, 5.74) is 2.63. The van der Waals surface area contributed by atoms with Gasteiger partial charge < -0.3 is 9.80 Å². The zero-order chi connectivity index (χ0) is 12.8. The summed E-state index contributed by atoms with van der Waals surface area (Å²) < 4.78 is 0. The maximum absolute atomic E-state index is 9.13. The molecule has 0 spiro atoms. The molecular formula is C13H18ClN3. The predicted octanol–water partition coefficient (Wildman–Crippen LogP) is 2.29. The lowest BCUT2D eigenvalue weighted by Gasteiger charge is -2.22. The number of hydrogen-bond donors (Lipinski definition) is 0. The molecule has 0 aromatic heterocycles. The van der Waals surface area contributed by atoms with Gasteiger partial charge in [0.25, 0.3) is 0 Å². The molecule has 1 rings (SSSR count). The Hall–Kier alpha value is -1.24. The van der Waals surface area contributed by atoms with Gasteiger partial charge in [-0.2, -0.15) is 5.26 Å². The van der Waals surface area contributed by atoms with Crippen LogP contribution in [0.4, 0.5) is 5.69 Å². The van der Waals surface area contributed by atoms with E-state index in [2.05, 4.69) is 15.9 Å². The van der Waals surface area contributed by atoms with Crippen LogP contribution in [0.1, 0.15) is 11.1 Å². The van der Waals surface area contributed by atoms with Crippen molar-refractivity contribution in [1.29, 1.82) is 5.26 Å². The van der Waals surface area contributed by atoms with Crippen molar-refractivity contribution in [3.8, 4) is 6.07 Å². The van der Waals surface area contributed by atoms with Crippen molar-refractivity contribution in [3.05, 3.63) is 29.3 Å². The van der Waals surface area contributed by atoms with Gasteiger partial charge in [0.15, 0.2) is 0 Å². The van der Waals surface area contributed by atoms with Gasteiger partial charge in [0.2, 0.25) is 0 Å². The second kappa shape index (κ2) is 6.48. The van der Waals surface area contributed by atoms with Crippen LogP contribution < -0.4 is 4.90 Å². The van der Waals surface area contributed by atoms with Crippen molar-refractivity contribution in [1.82, 2.24) is 4.90 Å². The normalized spacial score (nSPS) is 10.4. The van der Waals surface area contributed by atoms with Gasteiger partial charge in [-0.3, -0.25) is 0 Å². The van der Waals surface area contributed by atoms with Crippen molar-refractivity contribution in [2.75, 3.05) is 39.1 Å². The predicted molar refractivity (Wildman–Crippen MR) is 72.5 cm³/mol. The van der Waals surface area contributed by atoms with E-state index in [1.807, 2.05) is 39.3 Å². The summed E-state index contributed by atoms with van der Waals surface area (Å²) in [7, 11) is 6.07. The first-order valence-electron chi connectivity index (χ1n) is 5.53. The molecule has 0 amide bonds. The van der Waals surface area contributed by atoms with E-state index in [9.17, 15) is 0 Å². The zero-order valence-electron chi connectivity index (χ0n) is 10.6. The van der Waals surface area contributed by atoms with Crippen LogP contribution in [-0.4, -0.2) is 39.1 Å². The quantitative estimate of drug-likeness (QED) is 0.753. The topological polar surface area (TPSA) is 30.3 Å². The maximum Gasteiger partial charge on any atom is 0.101 e. The number of alkyl halides is 1. The molecule has 1 aromatic carbocycles. The summed E-state index contributed by atoms with van der Waals surface area (Å²) in [4.78, 5) is 4.21. The van der Waals surface area contributed by atoms with Gasteiger partial charge >= 0.3 is 0 Å². The molecule has 1 aromatic rings. The Kier molecular flexibility index (Phi) is 5.27. The van der Waals surface area contributed by atoms with Crippen LogP contribution in [0.5, 0.6) is 0 Å². The maximum atomic E-state index is 9.13. The number of anilines is 1. The van der Waals surface area contributed by atoms with Crippen LogP contribution in [0.15, 0.2) is 18.2 Å². The van der Waals surface area contributed by atoms with E-state index in [0.29, 0.717) is 11.4 Å². The minimum absolute atomic E-state index is 0.441. The molecule has 0 saturated carbocycles. The minimum atomic E-state index is 0.441. The molecule has 92 valence electrons. The summed E-state index contributed by atoms with van der Waals surface area (Å²) in [5, 5.41) is 9.13. The first-order chi connectivity index (χ1) is 8.08. The van der Waals surface area contributed by atoms with Crippen molar-refractivity contribution in [2.24, 2.45) is 0 Å². The lowest BCUT2D eigenvalue weighted by Crippen LogP contribution is -2.28. The molecule has 17 heavy (non-hydrogen) atoms. The van der Waals surface area contributed by atoms with E-state index in [-0.39, 0.29) is 0 Å². The van der Waals surface area contributed by atoms with Crippen LogP contribution in [0, 0.1) is 11.3 Å². The van der Waals surface area contributed by atoms with E-state index in [4.69, 9.17) is 16.9 Å². The average molecular weight is 252 g/mol. The average Bonchev–Trinajstić information content (AvgIpc) is 2.34. The van der Waals surface area contributed by atoms with Crippen molar-refractivity contribution >= 4 is 17.3 Å². The Labute approximate surface area is 108 Å². The van der Waals surface area contributed by atoms with Crippen LogP contribution >= 0.6 is 11.6 Å². The summed E-state index contributed by atoms with van der Waals surface area (Å²) in [6.07, 6.45) is 0. The monoisotopic (exact) mass is 251 g/mol. The van der Waals surface area contributed by atoms with Crippen LogP contribution in [0.2, 0.25) is 0 Å². The van der Waals surface area contributed by atoms with Crippen molar-refractivity contribution in [3.63, 3.8) is 0 Å². The Bertz CT molecular complexity index is 410. The number of likely N-dealkylation sites (N-methyl/N-ethyl adjacent to an activating group) is 2. The van der Waals surface area contributed by atoms with Crippen LogP contribution in [0.25, 0.3) is 0 Å². The SMILES string of the molecule is CN(C)CCN(C)c1ccc(CCl)cc1C#N. The van der Waals surface area contributed by atoms with E-state index in [0.717, 1.165) is 24.3 Å². The highest BCUT2D eigenvalue weighted by molar-refractivity contribution is 6.17. The molecule has 0 saturated heterocycles. The molecule has 0 aliphatic heterocycles. The molecule has 0 fully saturated rings. The fourth-order valence-corrected chi connectivity index (χ4v) is 1.73. The van der Waals surface area contributed by atoms with Gasteiger partial charge in [0, 0.05) is 26.0 Å². The highest BCUT2D eigenvalue weighted by atomic mass is 35.5. The molecule has 0 N–H and O–H groups in total. The standard InChI is InChI=1S/C13H18ClN3/c1-16(2)6-7-17(3)13-5-4-11(9-14)8-12(13)10-15/h4-5,8H,6-7,9H2,1-3H3.